The standard InChI is InChI=1S/C22H20N2O5S/c1-11-7-16(25)20-18(29-11)10-17(26)19(21(20)28-3)15-9-14(23-22(30)24-15)12-5-4-6-13(8-12)27-2/h4-8,10,15,26H,9H2,1-3H3,(H,24,30). The summed E-state index contributed by atoms with van der Waals surface area (Å²) in [6.07, 6.45) is 0.417. The predicted octanol–water partition coefficient (Wildman–Crippen LogP) is 3.63. The van der Waals surface area contributed by atoms with Crippen LogP contribution in [0, 0.1) is 6.92 Å². The molecule has 1 unspecified atom stereocenters. The number of ether oxygens (including phenoxy) is 2. The molecule has 4 rings (SSSR count). The number of phenolic OH excluding ortho intramolecular Hbond substituents is 1. The van der Waals surface area contributed by atoms with Crippen LogP contribution in [-0.2, 0) is 0 Å². The van der Waals surface area contributed by atoms with Crippen LogP contribution in [0.5, 0.6) is 17.2 Å². The highest BCUT2D eigenvalue weighted by Gasteiger charge is 2.29. The van der Waals surface area contributed by atoms with Gasteiger partial charge in [0.2, 0.25) is 0 Å². The lowest BCUT2D eigenvalue weighted by atomic mass is 9.93. The first-order valence-corrected chi connectivity index (χ1v) is 9.69. The number of aliphatic imine (C=N–C) groups is 1. The maximum Gasteiger partial charge on any atom is 0.196 e. The van der Waals surface area contributed by atoms with Crippen molar-refractivity contribution in [2.45, 2.75) is 19.4 Å². The van der Waals surface area contributed by atoms with Gasteiger partial charge in [-0.15, -0.1) is 0 Å². The molecule has 0 radical (unpaired) electrons. The van der Waals surface area contributed by atoms with Crippen molar-refractivity contribution in [1.29, 1.82) is 0 Å². The summed E-state index contributed by atoms with van der Waals surface area (Å²) < 4.78 is 16.5. The molecular formula is C22H20N2O5S. The van der Waals surface area contributed by atoms with Gasteiger partial charge in [-0.05, 0) is 36.8 Å². The molecule has 30 heavy (non-hydrogen) atoms. The minimum absolute atomic E-state index is 0.0553. The summed E-state index contributed by atoms with van der Waals surface area (Å²) in [6.45, 7) is 1.68. The first kappa shape index (κ1) is 19.9. The Morgan fingerprint density at radius 2 is 2.03 bits per heavy atom. The molecule has 3 aromatic rings. The van der Waals surface area contributed by atoms with E-state index in [-0.39, 0.29) is 33.0 Å². The van der Waals surface area contributed by atoms with Crippen LogP contribution in [0.1, 0.15) is 29.3 Å². The van der Waals surface area contributed by atoms with Crippen molar-refractivity contribution in [3.05, 3.63) is 63.5 Å². The molecule has 0 amide bonds. The van der Waals surface area contributed by atoms with Crippen LogP contribution in [0.4, 0.5) is 0 Å². The molecule has 1 aliphatic heterocycles. The highest BCUT2D eigenvalue weighted by Crippen LogP contribution is 2.41. The normalized spacial score (nSPS) is 16.2. The van der Waals surface area contributed by atoms with Gasteiger partial charge in [-0.1, -0.05) is 12.1 Å². The van der Waals surface area contributed by atoms with Gasteiger partial charge in [-0.3, -0.25) is 4.79 Å². The zero-order valence-corrected chi connectivity index (χ0v) is 17.5. The summed E-state index contributed by atoms with van der Waals surface area (Å²) in [5.41, 5.74) is 2.04. The van der Waals surface area contributed by atoms with Crippen LogP contribution in [0.2, 0.25) is 0 Å². The van der Waals surface area contributed by atoms with Crippen LogP contribution in [0.25, 0.3) is 11.0 Å². The highest BCUT2D eigenvalue weighted by molar-refractivity contribution is 7.80. The molecule has 0 saturated heterocycles. The minimum Gasteiger partial charge on any atom is -0.507 e. The Labute approximate surface area is 178 Å². The molecule has 2 aromatic carbocycles. The third kappa shape index (κ3) is 3.50. The number of phenols is 1. The molecule has 1 atom stereocenters. The zero-order chi connectivity index (χ0) is 21.4. The summed E-state index contributed by atoms with van der Waals surface area (Å²) in [5.74, 6) is 1.35. The fourth-order valence-corrected chi connectivity index (χ4v) is 3.96. The van der Waals surface area contributed by atoms with E-state index in [0.29, 0.717) is 23.5 Å². The number of thiocarbonyl (C=S) groups is 1. The zero-order valence-electron chi connectivity index (χ0n) is 16.7. The summed E-state index contributed by atoms with van der Waals surface area (Å²) in [6, 6.07) is 9.90. The van der Waals surface area contributed by atoms with E-state index >= 15 is 0 Å². The number of methoxy groups -OCH3 is 2. The van der Waals surface area contributed by atoms with Crippen molar-refractivity contribution in [2.75, 3.05) is 14.2 Å². The van der Waals surface area contributed by atoms with E-state index in [2.05, 4.69) is 10.3 Å². The van der Waals surface area contributed by atoms with Crippen LogP contribution >= 0.6 is 12.2 Å². The molecular weight excluding hydrogens is 404 g/mol. The number of aryl methyl sites for hydroxylation is 1. The number of nitrogens with zero attached hydrogens (tertiary/aromatic N) is 1. The molecule has 2 N–H and O–H groups in total. The number of hydrogen-bond acceptors (Lipinski definition) is 6. The topological polar surface area (TPSA) is 93.3 Å². The number of nitrogens with one attached hydrogen (secondary N) is 1. The molecule has 0 spiro atoms. The fourth-order valence-electron chi connectivity index (χ4n) is 3.71. The number of benzene rings is 2. The van der Waals surface area contributed by atoms with Crippen molar-refractivity contribution < 1.29 is 19.0 Å². The van der Waals surface area contributed by atoms with E-state index in [1.54, 1.807) is 14.0 Å². The lowest BCUT2D eigenvalue weighted by Gasteiger charge is -2.27. The molecule has 7 nitrogen and oxygen atoms in total. The van der Waals surface area contributed by atoms with Gasteiger partial charge in [0, 0.05) is 18.6 Å². The van der Waals surface area contributed by atoms with Gasteiger partial charge in [-0.25, -0.2) is 4.99 Å². The Bertz CT molecular complexity index is 1250. The first-order chi connectivity index (χ1) is 14.4. The number of fused-ring (bicyclic) bond motifs is 1. The van der Waals surface area contributed by atoms with E-state index in [1.165, 1.54) is 19.2 Å². The predicted molar refractivity (Wildman–Crippen MR) is 118 cm³/mol. The van der Waals surface area contributed by atoms with Crippen LogP contribution in [0.3, 0.4) is 0 Å². The van der Waals surface area contributed by atoms with Crippen molar-refractivity contribution in [2.24, 2.45) is 4.99 Å². The van der Waals surface area contributed by atoms with Gasteiger partial charge in [-0.2, -0.15) is 0 Å². The lowest BCUT2D eigenvalue weighted by Crippen LogP contribution is -2.33. The minimum atomic E-state index is -0.448. The van der Waals surface area contributed by atoms with E-state index in [4.69, 9.17) is 26.1 Å². The Morgan fingerprint density at radius 3 is 2.77 bits per heavy atom. The monoisotopic (exact) mass is 424 g/mol. The summed E-state index contributed by atoms with van der Waals surface area (Å²) in [4.78, 5) is 17.1. The van der Waals surface area contributed by atoms with Gasteiger partial charge in [0.1, 0.15) is 34.0 Å². The molecule has 2 heterocycles. The Kier molecular flexibility index (Phi) is 5.17. The highest BCUT2D eigenvalue weighted by atomic mass is 32.1. The van der Waals surface area contributed by atoms with Gasteiger partial charge >= 0.3 is 0 Å². The Balaban J connectivity index is 1.84. The van der Waals surface area contributed by atoms with Crippen molar-refractivity contribution in [3.63, 3.8) is 0 Å². The molecule has 0 saturated carbocycles. The quantitative estimate of drug-likeness (QED) is 0.618. The van der Waals surface area contributed by atoms with Gasteiger partial charge in [0.05, 0.1) is 31.5 Å². The third-order valence-electron chi connectivity index (χ3n) is 5.00. The second-order valence-corrected chi connectivity index (χ2v) is 7.32. The third-order valence-corrected chi connectivity index (χ3v) is 5.21. The fraction of sp³-hybridized carbons (Fsp3) is 0.227. The average molecular weight is 424 g/mol. The van der Waals surface area contributed by atoms with Crippen LogP contribution in [0.15, 0.2) is 50.6 Å². The largest absolute Gasteiger partial charge is 0.507 e. The Hall–Kier alpha value is -3.39. The molecule has 154 valence electrons. The van der Waals surface area contributed by atoms with Crippen LogP contribution in [-0.4, -0.2) is 30.2 Å². The maximum atomic E-state index is 12.6. The summed E-state index contributed by atoms with van der Waals surface area (Å²) >= 11 is 5.35. The molecule has 1 aliphatic rings. The lowest BCUT2D eigenvalue weighted by molar-refractivity contribution is 0.394. The van der Waals surface area contributed by atoms with E-state index in [9.17, 15) is 9.90 Å². The second kappa shape index (κ2) is 7.79. The average Bonchev–Trinajstić information content (AvgIpc) is 2.72. The number of rotatable bonds is 4. The molecule has 0 fully saturated rings. The summed E-state index contributed by atoms with van der Waals surface area (Å²) in [5, 5.41) is 14.5. The summed E-state index contributed by atoms with van der Waals surface area (Å²) in [7, 11) is 3.05. The number of aromatic hydroxyl groups is 1. The van der Waals surface area contributed by atoms with Crippen molar-refractivity contribution >= 4 is 34.0 Å². The van der Waals surface area contributed by atoms with Gasteiger partial charge in [0.25, 0.3) is 0 Å². The Morgan fingerprint density at radius 1 is 1.23 bits per heavy atom. The number of hydrogen-bond donors (Lipinski definition) is 2. The SMILES string of the molecule is COc1cccc(C2=NC(=S)NC(c3c(O)cc4oc(C)cc(=O)c4c3OC)C2)c1. The second-order valence-electron chi connectivity index (χ2n) is 6.93. The van der Waals surface area contributed by atoms with Crippen LogP contribution < -0.4 is 20.2 Å². The smallest absolute Gasteiger partial charge is 0.196 e. The van der Waals surface area contributed by atoms with E-state index < -0.39 is 6.04 Å². The molecule has 1 aromatic heterocycles. The maximum absolute atomic E-state index is 12.6. The van der Waals surface area contributed by atoms with E-state index in [0.717, 1.165) is 11.3 Å². The van der Waals surface area contributed by atoms with Gasteiger partial charge < -0.3 is 24.3 Å². The molecule has 0 bridgehead atoms. The first-order valence-electron chi connectivity index (χ1n) is 9.28. The van der Waals surface area contributed by atoms with Crippen molar-refractivity contribution in [3.8, 4) is 17.2 Å². The molecule has 0 aliphatic carbocycles. The van der Waals surface area contributed by atoms with Gasteiger partial charge in [0.15, 0.2) is 10.5 Å². The molecule has 8 heteroatoms. The van der Waals surface area contributed by atoms with E-state index in [1.807, 2.05) is 24.3 Å². The van der Waals surface area contributed by atoms with Crippen molar-refractivity contribution in [1.82, 2.24) is 5.32 Å².